The molecule has 120 valence electrons. The van der Waals surface area contributed by atoms with Crippen molar-refractivity contribution in [2.75, 3.05) is 19.7 Å². The molecule has 1 aromatic carbocycles. The molecule has 2 N–H and O–H groups in total. The van der Waals surface area contributed by atoms with Gasteiger partial charge in [-0.05, 0) is 49.4 Å². The molecule has 5 heteroatoms. The van der Waals surface area contributed by atoms with Gasteiger partial charge in [0.25, 0.3) is 5.56 Å². The van der Waals surface area contributed by atoms with Crippen LogP contribution in [-0.2, 0) is 6.42 Å². The minimum absolute atomic E-state index is 0. The predicted octanol–water partition coefficient (Wildman–Crippen LogP) is 2.41. The van der Waals surface area contributed by atoms with Crippen molar-refractivity contribution < 1.29 is 5.11 Å². The van der Waals surface area contributed by atoms with E-state index in [2.05, 4.69) is 16.0 Å². The first kappa shape index (κ1) is 17.2. The SMILES string of the molecule is Br.Cc1cccc2c(=O)[nH]c(CCN3CCC[C@@H]3CO)cc12. The van der Waals surface area contributed by atoms with Crippen molar-refractivity contribution in [3.8, 4) is 0 Å². The topological polar surface area (TPSA) is 56.3 Å². The zero-order valence-electron chi connectivity index (χ0n) is 12.8. The van der Waals surface area contributed by atoms with Gasteiger partial charge in [-0.2, -0.15) is 0 Å². The molecule has 1 aromatic heterocycles. The minimum atomic E-state index is -0.00803. The van der Waals surface area contributed by atoms with E-state index in [1.165, 1.54) is 0 Å². The van der Waals surface area contributed by atoms with Crippen molar-refractivity contribution in [3.63, 3.8) is 0 Å². The van der Waals surface area contributed by atoms with Gasteiger partial charge < -0.3 is 10.1 Å². The zero-order valence-corrected chi connectivity index (χ0v) is 14.6. The standard InChI is InChI=1S/C17H22N2O2.BrH/c1-12-4-2-6-15-16(12)10-13(18-17(15)21)7-9-19-8-3-5-14(19)11-20;/h2,4,6,10,14,20H,3,5,7-9,11H2,1H3,(H,18,21);1H/t14-;/m1./s1. The number of aromatic amines is 1. The Hall–Kier alpha value is -1.17. The second kappa shape index (κ2) is 7.40. The quantitative estimate of drug-likeness (QED) is 0.873. The van der Waals surface area contributed by atoms with Gasteiger partial charge in [0.05, 0.1) is 6.61 Å². The summed E-state index contributed by atoms with van der Waals surface area (Å²) in [5.41, 5.74) is 2.10. The summed E-state index contributed by atoms with van der Waals surface area (Å²) in [6.07, 6.45) is 3.04. The molecule has 0 radical (unpaired) electrons. The number of H-pyrrole nitrogens is 1. The third kappa shape index (κ3) is 3.42. The molecule has 0 spiro atoms. The number of aromatic nitrogens is 1. The Morgan fingerprint density at radius 3 is 2.95 bits per heavy atom. The third-order valence-electron chi connectivity index (χ3n) is 4.54. The molecule has 2 heterocycles. The van der Waals surface area contributed by atoms with Crippen LogP contribution in [0.25, 0.3) is 10.8 Å². The summed E-state index contributed by atoms with van der Waals surface area (Å²) >= 11 is 0. The van der Waals surface area contributed by atoms with E-state index in [4.69, 9.17) is 0 Å². The second-order valence-electron chi connectivity index (χ2n) is 5.92. The van der Waals surface area contributed by atoms with Gasteiger partial charge in [0.15, 0.2) is 0 Å². The van der Waals surface area contributed by atoms with Gasteiger partial charge in [-0.3, -0.25) is 9.69 Å². The Bertz CT molecular complexity index is 699. The number of hydrogen-bond acceptors (Lipinski definition) is 3. The van der Waals surface area contributed by atoms with Crippen LogP contribution >= 0.6 is 17.0 Å². The highest BCUT2D eigenvalue weighted by Gasteiger charge is 2.23. The molecule has 1 aliphatic rings. The van der Waals surface area contributed by atoms with E-state index in [-0.39, 0.29) is 29.1 Å². The van der Waals surface area contributed by atoms with Crippen molar-refractivity contribution in [1.82, 2.24) is 9.88 Å². The maximum absolute atomic E-state index is 12.2. The number of likely N-dealkylation sites (tertiary alicyclic amines) is 1. The second-order valence-corrected chi connectivity index (χ2v) is 5.92. The number of nitrogens with zero attached hydrogens (tertiary/aromatic N) is 1. The Kier molecular flexibility index (Phi) is 5.78. The number of benzene rings is 1. The lowest BCUT2D eigenvalue weighted by atomic mass is 10.1. The van der Waals surface area contributed by atoms with Crippen LogP contribution in [-0.4, -0.2) is 40.7 Å². The number of aliphatic hydroxyl groups is 1. The van der Waals surface area contributed by atoms with Gasteiger partial charge in [0.2, 0.25) is 0 Å². The van der Waals surface area contributed by atoms with Crippen LogP contribution in [0.15, 0.2) is 29.1 Å². The smallest absolute Gasteiger partial charge is 0.256 e. The lowest BCUT2D eigenvalue weighted by Gasteiger charge is -2.22. The van der Waals surface area contributed by atoms with Crippen LogP contribution in [0.5, 0.6) is 0 Å². The van der Waals surface area contributed by atoms with Crippen LogP contribution in [0.1, 0.15) is 24.1 Å². The molecule has 0 unspecified atom stereocenters. The van der Waals surface area contributed by atoms with E-state index >= 15 is 0 Å². The number of hydrogen-bond donors (Lipinski definition) is 2. The molecular formula is C17H23BrN2O2. The molecule has 0 aliphatic carbocycles. The number of aryl methyl sites for hydroxylation is 1. The molecule has 0 saturated carbocycles. The lowest BCUT2D eigenvalue weighted by molar-refractivity contribution is 0.160. The molecule has 0 amide bonds. The lowest BCUT2D eigenvalue weighted by Crippen LogP contribution is -2.34. The van der Waals surface area contributed by atoms with E-state index in [1.807, 2.05) is 25.1 Å². The van der Waals surface area contributed by atoms with Crippen LogP contribution in [0.4, 0.5) is 0 Å². The van der Waals surface area contributed by atoms with Crippen molar-refractivity contribution in [2.45, 2.75) is 32.2 Å². The highest BCUT2D eigenvalue weighted by Crippen LogP contribution is 2.18. The maximum atomic E-state index is 12.2. The first-order valence-electron chi connectivity index (χ1n) is 7.65. The maximum Gasteiger partial charge on any atom is 0.256 e. The fourth-order valence-corrected chi connectivity index (χ4v) is 3.29. The van der Waals surface area contributed by atoms with Crippen LogP contribution in [0.3, 0.4) is 0 Å². The summed E-state index contributed by atoms with van der Waals surface area (Å²) in [4.78, 5) is 17.5. The highest BCUT2D eigenvalue weighted by atomic mass is 79.9. The molecule has 1 atom stereocenters. The van der Waals surface area contributed by atoms with Gasteiger partial charge in [0.1, 0.15) is 0 Å². The van der Waals surface area contributed by atoms with Crippen LogP contribution < -0.4 is 5.56 Å². The van der Waals surface area contributed by atoms with E-state index in [0.29, 0.717) is 6.04 Å². The van der Waals surface area contributed by atoms with Gasteiger partial charge >= 0.3 is 0 Å². The average Bonchev–Trinajstić information content (AvgIpc) is 2.94. The molecular weight excluding hydrogens is 344 g/mol. The Balaban J connectivity index is 0.00000176. The summed E-state index contributed by atoms with van der Waals surface area (Å²) in [5.74, 6) is 0. The van der Waals surface area contributed by atoms with Gasteiger partial charge in [-0.1, -0.05) is 12.1 Å². The Morgan fingerprint density at radius 1 is 1.36 bits per heavy atom. The van der Waals surface area contributed by atoms with Crippen molar-refractivity contribution >= 4 is 27.8 Å². The minimum Gasteiger partial charge on any atom is -0.395 e. The fourth-order valence-electron chi connectivity index (χ4n) is 3.29. The monoisotopic (exact) mass is 366 g/mol. The summed E-state index contributed by atoms with van der Waals surface area (Å²) < 4.78 is 0. The molecule has 22 heavy (non-hydrogen) atoms. The zero-order chi connectivity index (χ0) is 14.8. The summed E-state index contributed by atoms with van der Waals surface area (Å²) in [6.45, 7) is 4.20. The van der Waals surface area contributed by atoms with Gasteiger partial charge in [-0.15, -0.1) is 17.0 Å². The molecule has 2 aromatic rings. The Morgan fingerprint density at radius 2 is 2.18 bits per heavy atom. The number of nitrogens with one attached hydrogen (secondary N) is 1. The number of aliphatic hydroxyl groups excluding tert-OH is 1. The molecule has 1 saturated heterocycles. The van der Waals surface area contributed by atoms with Crippen LogP contribution in [0, 0.1) is 6.92 Å². The normalized spacial score (nSPS) is 18.5. The fraction of sp³-hybridized carbons (Fsp3) is 0.471. The van der Waals surface area contributed by atoms with E-state index in [1.54, 1.807) is 0 Å². The summed E-state index contributed by atoms with van der Waals surface area (Å²) in [5, 5.41) is 11.2. The Labute approximate surface area is 140 Å². The van der Waals surface area contributed by atoms with E-state index < -0.39 is 0 Å². The number of pyridine rings is 1. The number of halogens is 1. The third-order valence-corrected chi connectivity index (χ3v) is 4.54. The molecule has 1 aliphatic heterocycles. The summed E-state index contributed by atoms with van der Waals surface area (Å²) in [7, 11) is 0. The van der Waals surface area contributed by atoms with Gasteiger partial charge in [-0.25, -0.2) is 0 Å². The van der Waals surface area contributed by atoms with Crippen molar-refractivity contribution in [1.29, 1.82) is 0 Å². The van der Waals surface area contributed by atoms with Crippen molar-refractivity contribution in [3.05, 3.63) is 45.9 Å². The number of rotatable bonds is 4. The molecule has 4 nitrogen and oxygen atoms in total. The largest absolute Gasteiger partial charge is 0.395 e. The highest BCUT2D eigenvalue weighted by molar-refractivity contribution is 8.93. The van der Waals surface area contributed by atoms with E-state index in [0.717, 1.165) is 54.4 Å². The van der Waals surface area contributed by atoms with Crippen LogP contribution in [0.2, 0.25) is 0 Å². The predicted molar refractivity (Wildman–Crippen MR) is 95.0 cm³/mol. The average molecular weight is 367 g/mol. The summed E-state index contributed by atoms with van der Waals surface area (Å²) in [6, 6.07) is 8.21. The molecule has 1 fully saturated rings. The first-order valence-corrected chi connectivity index (χ1v) is 7.65. The number of fused-ring (bicyclic) bond motifs is 1. The molecule has 3 rings (SSSR count). The van der Waals surface area contributed by atoms with Crippen molar-refractivity contribution in [2.24, 2.45) is 0 Å². The first-order chi connectivity index (χ1) is 10.2. The van der Waals surface area contributed by atoms with E-state index in [9.17, 15) is 9.90 Å². The van der Waals surface area contributed by atoms with Gasteiger partial charge in [0, 0.05) is 30.1 Å². The molecule has 0 bridgehead atoms.